The van der Waals surface area contributed by atoms with Gasteiger partial charge in [-0.3, -0.25) is 9.59 Å². The van der Waals surface area contributed by atoms with Gasteiger partial charge in [-0.2, -0.15) is 0 Å². The molecule has 4 rings (SSSR count). The Balaban J connectivity index is 1.66. The molecule has 1 saturated heterocycles. The number of aromatic nitrogens is 3. The maximum Gasteiger partial charge on any atom is 0.261 e. The number of nitrogens with one attached hydrogen (secondary N) is 1. The van der Waals surface area contributed by atoms with Crippen LogP contribution in [0.25, 0.3) is 10.2 Å². The second-order valence-electron chi connectivity index (χ2n) is 7.21. The summed E-state index contributed by atoms with van der Waals surface area (Å²) in [5, 5.41) is 12.6. The summed E-state index contributed by atoms with van der Waals surface area (Å²) in [6, 6.07) is 3.71. The summed E-state index contributed by atoms with van der Waals surface area (Å²) in [6.07, 6.45) is 2.76. The summed E-state index contributed by atoms with van der Waals surface area (Å²) < 4.78 is 6.02. The van der Waals surface area contributed by atoms with Crippen molar-refractivity contribution in [2.24, 2.45) is 0 Å². The largest absolute Gasteiger partial charge is 0.395 e. The monoisotopic (exact) mass is 441 g/mol. The Morgan fingerprint density at radius 2 is 2.19 bits per heavy atom. The summed E-state index contributed by atoms with van der Waals surface area (Å²) in [6.45, 7) is 4.67. The number of rotatable bonds is 5. The lowest BCUT2D eigenvalue weighted by Crippen LogP contribution is -2.43. The smallest absolute Gasteiger partial charge is 0.261 e. The summed E-state index contributed by atoms with van der Waals surface area (Å²) in [4.78, 5) is 41.7. The van der Waals surface area contributed by atoms with Crippen LogP contribution >= 0.6 is 11.3 Å². The average molecular weight is 442 g/mol. The van der Waals surface area contributed by atoms with E-state index in [4.69, 9.17) is 9.84 Å². The average Bonchev–Trinajstić information content (AvgIpc) is 3.17. The van der Waals surface area contributed by atoms with E-state index in [0.29, 0.717) is 41.7 Å². The van der Waals surface area contributed by atoms with Crippen molar-refractivity contribution in [3.63, 3.8) is 0 Å². The van der Waals surface area contributed by atoms with E-state index in [2.05, 4.69) is 20.3 Å². The highest BCUT2D eigenvalue weighted by atomic mass is 32.1. The number of amides is 2. The molecule has 1 aliphatic heterocycles. The number of aryl methyl sites for hydroxylation is 2. The number of aliphatic hydroxyl groups is 1. The van der Waals surface area contributed by atoms with E-state index in [1.165, 1.54) is 11.3 Å². The van der Waals surface area contributed by atoms with Gasteiger partial charge in [0.25, 0.3) is 11.8 Å². The Kier molecular flexibility index (Phi) is 6.21. The minimum atomic E-state index is -0.475. The SMILES string of the molecule is Cc1ncc(C(=O)N2CCO[C@H](c3c(C(=O)NCCO)sc4ncccc34)C2)c(C)n1. The zero-order valence-corrected chi connectivity index (χ0v) is 18.1. The van der Waals surface area contributed by atoms with Crippen LogP contribution in [0.4, 0.5) is 0 Å². The number of carbonyl (C=O) groups excluding carboxylic acids is 2. The highest BCUT2D eigenvalue weighted by Crippen LogP contribution is 2.37. The van der Waals surface area contributed by atoms with E-state index in [1.807, 2.05) is 12.1 Å². The highest BCUT2D eigenvalue weighted by molar-refractivity contribution is 7.20. The Morgan fingerprint density at radius 1 is 1.35 bits per heavy atom. The molecule has 0 spiro atoms. The molecule has 2 amide bonds. The maximum absolute atomic E-state index is 13.1. The molecule has 9 nitrogen and oxygen atoms in total. The molecule has 3 aromatic rings. The fraction of sp³-hybridized carbons (Fsp3) is 0.381. The number of fused-ring (bicyclic) bond motifs is 1. The van der Waals surface area contributed by atoms with Gasteiger partial charge in [0.1, 0.15) is 21.6 Å². The number of morpholine rings is 1. The molecule has 1 fully saturated rings. The molecule has 0 radical (unpaired) electrons. The van der Waals surface area contributed by atoms with Crippen LogP contribution < -0.4 is 5.32 Å². The number of thiophene rings is 1. The van der Waals surface area contributed by atoms with Crippen LogP contribution in [-0.2, 0) is 4.74 Å². The third-order valence-corrected chi connectivity index (χ3v) is 6.24. The fourth-order valence-corrected chi connectivity index (χ4v) is 4.77. The zero-order chi connectivity index (χ0) is 22.0. The zero-order valence-electron chi connectivity index (χ0n) is 17.3. The molecular weight excluding hydrogens is 418 g/mol. The van der Waals surface area contributed by atoms with Crippen molar-refractivity contribution in [2.45, 2.75) is 20.0 Å². The summed E-state index contributed by atoms with van der Waals surface area (Å²) in [5.41, 5.74) is 1.82. The van der Waals surface area contributed by atoms with Crippen LogP contribution in [0.1, 0.15) is 43.2 Å². The number of pyridine rings is 1. The number of aliphatic hydroxyl groups excluding tert-OH is 1. The van der Waals surface area contributed by atoms with Gasteiger partial charge < -0.3 is 20.1 Å². The molecule has 0 bridgehead atoms. The molecule has 31 heavy (non-hydrogen) atoms. The Labute approximate surface area is 183 Å². The quantitative estimate of drug-likeness (QED) is 0.618. The number of hydrogen-bond acceptors (Lipinski definition) is 8. The molecule has 0 aliphatic carbocycles. The van der Waals surface area contributed by atoms with Crippen LogP contribution in [0.15, 0.2) is 24.5 Å². The van der Waals surface area contributed by atoms with Crippen molar-refractivity contribution in [3.8, 4) is 0 Å². The summed E-state index contributed by atoms with van der Waals surface area (Å²) >= 11 is 1.28. The van der Waals surface area contributed by atoms with Crippen molar-refractivity contribution in [3.05, 3.63) is 52.0 Å². The van der Waals surface area contributed by atoms with Crippen molar-refractivity contribution in [2.75, 3.05) is 32.8 Å². The van der Waals surface area contributed by atoms with Gasteiger partial charge in [-0.1, -0.05) is 6.07 Å². The standard InChI is InChI=1S/C21H23N5O4S/c1-12-15(10-24-13(2)25-12)21(29)26-7-9-30-16(11-26)17-14-4-3-5-23-20(14)31-18(17)19(28)22-6-8-27/h3-5,10,16,27H,6-9,11H2,1-2H3,(H,22,28)/t16-/m0/s1. The van der Waals surface area contributed by atoms with Crippen LogP contribution in [0.3, 0.4) is 0 Å². The van der Waals surface area contributed by atoms with Gasteiger partial charge in [0.2, 0.25) is 0 Å². The van der Waals surface area contributed by atoms with Crippen molar-refractivity contribution >= 4 is 33.4 Å². The van der Waals surface area contributed by atoms with Gasteiger partial charge >= 0.3 is 0 Å². The predicted molar refractivity (Wildman–Crippen MR) is 115 cm³/mol. The van der Waals surface area contributed by atoms with Gasteiger partial charge in [0.15, 0.2) is 0 Å². The lowest BCUT2D eigenvalue weighted by Gasteiger charge is -2.33. The van der Waals surface area contributed by atoms with E-state index in [9.17, 15) is 9.59 Å². The molecule has 162 valence electrons. The summed E-state index contributed by atoms with van der Waals surface area (Å²) in [7, 11) is 0. The molecule has 1 atom stereocenters. The molecule has 2 N–H and O–H groups in total. The number of nitrogens with zero attached hydrogens (tertiary/aromatic N) is 4. The minimum Gasteiger partial charge on any atom is -0.395 e. The Hall–Kier alpha value is -2.95. The highest BCUT2D eigenvalue weighted by Gasteiger charge is 2.32. The van der Waals surface area contributed by atoms with Gasteiger partial charge in [-0.25, -0.2) is 15.0 Å². The topological polar surface area (TPSA) is 118 Å². The summed E-state index contributed by atoms with van der Waals surface area (Å²) in [5.74, 6) is 0.168. The van der Waals surface area contributed by atoms with Gasteiger partial charge in [-0.15, -0.1) is 11.3 Å². The number of carbonyl (C=O) groups is 2. The molecule has 10 heteroatoms. The number of ether oxygens (including phenoxy) is 1. The third-order valence-electron chi connectivity index (χ3n) is 5.11. The molecular formula is C21H23N5O4S. The van der Waals surface area contributed by atoms with E-state index < -0.39 is 6.10 Å². The molecule has 1 aliphatic rings. The first-order chi connectivity index (χ1) is 15.0. The first-order valence-electron chi connectivity index (χ1n) is 9.97. The van der Waals surface area contributed by atoms with Crippen LogP contribution in [0.2, 0.25) is 0 Å². The first kappa shape index (κ1) is 21.3. The maximum atomic E-state index is 13.1. The van der Waals surface area contributed by atoms with Gasteiger partial charge in [-0.05, 0) is 19.9 Å². The van der Waals surface area contributed by atoms with Crippen LogP contribution in [-0.4, -0.2) is 69.6 Å². The second kappa shape index (κ2) is 9.04. The van der Waals surface area contributed by atoms with E-state index in [1.54, 1.807) is 31.1 Å². The van der Waals surface area contributed by atoms with Crippen molar-refractivity contribution in [1.29, 1.82) is 0 Å². The third kappa shape index (κ3) is 4.27. The molecule has 0 unspecified atom stereocenters. The molecule has 0 aromatic carbocycles. The van der Waals surface area contributed by atoms with E-state index in [0.717, 1.165) is 15.8 Å². The van der Waals surface area contributed by atoms with Crippen molar-refractivity contribution < 1.29 is 19.4 Å². The Morgan fingerprint density at radius 3 is 2.97 bits per heavy atom. The lowest BCUT2D eigenvalue weighted by molar-refractivity contribution is -0.0223. The normalized spacial score (nSPS) is 16.5. The van der Waals surface area contributed by atoms with E-state index in [-0.39, 0.29) is 25.0 Å². The molecule has 4 heterocycles. The van der Waals surface area contributed by atoms with Crippen LogP contribution in [0, 0.1) is 13.8 Å². The Bertz CT molecular complexity index is 1130. The minimum absolute atomic E-state index is 0.148. The van der Waals surface area contributed by atoms with Gasteiger partial charge in [0, 0.05) is 36.4 Å². The molecule has 3 aromatic heterocycles. The predicted octanol–water partition coefficient (Wildman–Crippen LogP) is 1.64. The fourth-order valence-electron chi connectivity index (χ4n) is 3.66. The molecule has 0 saturated carbocycles. The van der Waals surface area contributed by atoms with Crippen molar-refractivity contribution in [1.82, 2.24) is 25.2 Å². The van der Waals surface area contributed by atoms with Crippen LogP contribution in [0.5, 0.6) is 0 Å². The second-order valence-corrected chi connectivity index (χ2v) is 8.21. The first-order valence-corrected chi connectivity index (χ1v) is 10.8. The van der Waals surface area contributed by atoms with Gasteiger partial charge in [0.05, 0.1) is 31.0 Å². The van der Waals surface area contributed by atoms with E-state index >= 15 is 0 Å². The lowest BCUT2D eigenvalue weighted by atomic mass is 10.0. The number of hydrogen-bond donors (Lipinski definition) is 2.